The van der Waals surface area contributed by atoms with Crippen molar-refractivity contribution in [3.63, 3.8) is 0 Å². The van der Waals surface area contributed by atoms with Crippen LogP contribution in [0, 0.1) is 13.8 Å². The van der Waals surface area contributed by atoms with Crippen molar-refractivity contribution in [3.05, 3.63) is 29.6 Å². The monoisotopic (exact) mass is 308 g/mol. The summed E-state index contributed by atoms with van der Waals surface area (Å²) in [5.74, 6) is 1.62. The summed E-state index contributed by atoms with van der Waals surface area (Å²) in [6, 6.07) is 1.76. The highest BCUT2D eigenvalue weighted by Gasteiger charge is 2.33. The second-order valence-electron chi connectivity index (χ2n) is 5.71. The van der Waals surface area contributed by atoms with Gasteiger partial charge < -0.3 is 0 Å². The van der Waals surface area contributed by atoms with Crippen LogP contribution in [0.2, 0.25) is 0 Å². The predicted octanol–water partition coefficient (Wildman–Crippen LogP) is 1.83. The quantitative estimate of drug-likeness (QED) is 0.849. The van der Waals surface area contributed by atoms with Crippen LogP contribution in [-0.2, 0) is 10.0 Å². The topological polar surface area (TPSA) is 67.6 Å². The summed E-state index contributed by atoms with van der Waals surface area (Å²) >= 11 is 0. The van der Waals surface area contributed by atoms with Crippen LogP contribution in [0.3, 0.4) is 0 Å². The van der Waals surface area contributed by atoms with Crippen LogP contribution in [0.15, 0.2) is 12.3 Å². The minimum Gasteiger partial charge on any atom is -0.283 e. The van der Waals surface area contributed by atoms with E-state index in [1.54, 1.807) is 10.5 Å². The molecule has 3 heterocycles. The van der Waals surface area contributed by atoms with Gasteiger partial charge in [-0.3, -0.25) is 4.40 Å². The van der Waals surface area contributed by atoms with Crippen LogP contribution in [0.4, 0.5) is 0 Å². The first kappa shape index (κ1) is 14.5. The highest BCUT2D eigenvalue weighted by molar-refractivity contribution is 7.88. The summed E-state index contributed by atoms with van der Waals surface area (Å²) in [5.41, 5.74) is 1.85. The number of aromatic nitrogens is 3. The van der Waals surface area contributed by atoms with E-state index in [1.165, 1.54) is 6.26 Å². The number of sulfonamides is 1. The molecule has 0 aromatic carbocycles. The van der Waals surface area contributed by atoms with Crippen molar-refractivity contribution < 1.29 is 8.42 Å². The molecule has 1 aliphatic rings. The molecule has 1 atom stereocenters. The number of hydrogen-bond donors (Lipinski definition) is 0. The van der Waals surface area contributed by atoms with Gasteiger partial charge in [0.05, 0.1) is 24.0 Å². The van der Waals surface area contributed by atoms with Crippen molar-refractivity contribution in [2.24, 2.45) is 0 Å². The van der Waals surface area contributed by atoms with Crippen LogP contribution >= 0.6 is 0 Å². The van der Waals surface area contributed by atoms with Gasteiger partial charge in [-0.2, -0.15) is 4.31 Å². The molecule has 114 valence electrons. The highest BCUT2D eigenvalue weighted by Crippen LogP contribution is 2.32. The molecule has 0 N–H and O–H groups in total. The van der Waals surface area contributed by atoms with E-state index in [4.69, 9.17) is 0 Å². The van der Waals surface area contributed by atoms with Gasteiger partial charge in [-0.05, 0) is 32.8 Å². The first-order valence-corrected chi connectivity index (χ1v) is 9.01. The molecular formula is C14H20N4O2S. The molecule has 0 bridgehead atoms. The summed E-state index contributed by atoms with van der Waals surface area (Å²) in [5, 5.41) is 0. The second-order valence-corrected chi connectivity index (χ2v) is 7.64. The molecular weight excluding hydrogens is 288 g/mol. The van der Waals surface area contributed by atoms with Crippen molar-refractivity contribution >= 4 is 15.5 Å². The van der Waals surface area contributed by atoms with E-state index in [9.17, 15) is 8.42 Å². The number of aryl methyl sites for hydroxylation is 2. The standard InChI is InChI=1S/C14H20N4O2S/c1-10-8-12-9-15-11(2)18(12)14(16-10)13-6-4-5-7-17(13)21(3,19)20/h8-9,13H,4-7H2,1-3H3/t13-/m0/s1. The van der Waals surface area contributed by atoms with Crippen LogP contribution < -0.4 is 0 Å². The third kappa shape index (κ3) is 2.55. The highest BCUT2D eigenvalue weighted by atomic mass is 32.2. The molecule has 2 aromatic rings. The number of hydrogen-bond acceptors (Lipinski definition) is 4. The Morgan fingerprint density at radius 2 is 2.05 bits per heavy atom. The molecule has 0 radical (unpaired) electrons. The molecule has 0 aliphatic carbocycles. The largest absolute Gasteiger partial charge is 0.283 e. The Hall–Kier alpha value is -1.47. The van der Waals surface area contributed by atoms with Crippen molar-refractivity contribution in [2.45, 2.75) is 39.2 Å². The van der Waals surface area contributed by atoms with Gasteiger partial charge >= 0.3 is 0 Å². The fourth-order valence-corrected chi connectivity index (χ4v) is 4.24. The minimum absolute atomic E-state index is 0.205. The van der Waals surface area contributed by atoms with Crippen molar-refractivity contribution in [3.8, 4) is 0 Å². The van der Waals surface area contributed by atoms with E-state index in [0.29, 0.717) is 6.54 Å². The van der Waals surface area contributed by atoms with Gasteiger partial charge in [0.2, 0.25) is 10.0 Å². The van der Waals surface area contributed by atoms with Gasteiger partial charge in [0.1, 0.15) is 11.6 Å². The third-order valence-electron chi connectivity index (χ3n) is 4.02. The SMILES string of the molecule is Cc1cc2cnc(C)n2c([C@@H]2CCCCN2S(C)(=O)=O)n1. The number of piperidine rings is 1. The van der Waals surface area contributed by atoms with Crippen LogP contribution in [0.25, 0.3) is 5.52 Å². The van der Waals surface area contributed by atoms with E-state index in [1.807, 2.05) is 24.3 Å². The molecule has 1 fully saturated rings. The molecule has 0 saturated carbocycles. The first-order chi connectivity index (χ1) is 9.88. The summed E-state index contributed by atoms with van der Waals surface area (Å²) in [6.07, 6.45) is 5.80. The molecule has 1 saturated heterocycles. The predicted molar refractivity (Wildman–Crippen MR) is 80.6 cm³/mol. The average Bonchev–Trinajstić information content (AvgIpc) is 2.78. The Balaban J connectivity index is 2.20. The van der Waals surface area contributed by atoms with E-state index >= 15 is 0 Å². The smallest absolute Gasteiger partial charge is 0.211 e. The third-order valence-corrected chi connectivity index (χ3v) is 5.31. The fraction of sp³-hybridized carbons (Fsp3) is 0.571. The van der Waals surface area contributed by atoms with E-state index in [-0.39, 0.29) is 6.04 Å². The lowest BCUT2D eigenvalue weighted by molar-refractivity contribution is 0.246. The Bertz CT molecular complexity index is 782. The molecule has 3 rings (SSSR count). The molecule has 21 heavy (non-hydrogen) atoms. The maximum Gasteiger partial charge on any atom is 0.211 e. The van der Waals surface area contributed by atoms with Gasteiger partial charge in [-0.15, -0.1) is 0 Å². The van der Waals surface area contributed by atoms with Gasteiger partial charge in [0.15, 0.2) is 0 Å². The zero-order chi connectivity index (χ0) is 15.2. The Labute approximate surface area is 124 Å². The summed E-state index contributed by atoms with van der Waals surface area (Å²) in [6.45, 7) is 4.41. The molecule has 7 heteroatoms. The number of imidazole rings is 1. The molecule has 1 aliphatic heterocycles. The molecule has 2 aromatic heterocycles. The maximum atomic E-state index is 12.1. The summed E-state index contributed by atoms with van der Waals surface area (Å²) in [4.78, 5) is 8.97. The van der Waals surface area contributed by atoms with Gasteiger partial charge in [0.25, 0.3) is 0 Å². The van der Waals surface area contributed by atoms with E-state index in [0.717, 1.165) is 42.1 Å². The van der Waals surface area contributed by atoms with Crippen LogP contribution in [0.1, 0.15) is 42.6 Å². The Kier molecular flexibility index (Phi) is 3.49. The zero-order valence-electron chi connectivity index (χ0n) is 12.6. The zero-order valence-corrected chi connectivity index (χ0v) is 13.4. The second kappa shape index (κ2) is 5.06. The fourth-order valence-electron chi connectivity index (χ4n) is 3.12. The van der Waals surface area contributed by atoms with Gasteiger partial charge in [-0.1, -0.05) is 6.42 Å². The number of rotatable bonds is 2. The van der Waals surface area contributed by atoms with E-state index in [2.05, 4.69) is 9.97 Å². The molecule has 0 spiro atoms. The Morgan fingerprint density at radius 1 is 1.29 bits per heavy atom. The number of nitrogens with zero attached hydrogens (tertiary/aromatic N) is 4. The van der Waals surface area contributed by atoms with E-state index < -0.39 is 10.0 Å². The number of fused-ring (bicyclic) bond motifs is 1. The normalized spacial score (nSPS) is 21.0. The summed E-state index contributed by atoms with van der Waals surface area (Å²) < 4.78 is 27.7. The summed E-state index contributed by atoms with van der Waals surface area (Å²) in [7, 11) is -3.24. The lowest BCUT2D eigenvalue weighted by atomic mass is 10.0. The lowest BCUT2D eigenvalue weighted by Gasteiger charge is -2.33. The average molecular weight is 308 g/mol. The van der Waals surface area contributed by atoms with Crippen LogP contribution in [-0.4, -0.2) is 39.9 Å². The van der Waals surface area contributed by atoms with Gasteiger partial charge in [-0.25, -0.2) is 18.4 Å². The van der Waals surface area contributed by atoms with Crippen molar-refractivity contribution in [1.82, 2.24) is 18.7 Å². The maximum absolute atomic E-state index is 12.1. The van der Waals surface area contributed by atoms with Crippen LogP contribution in [0.5, 0.6) is 0 Å². The molecule has 0 amide bonds. The van der Waals surface area contributed by atoms with Crippen molar-refractivity contribution in [2.75, 3.05) is 12.8 Å². The minimum atomic E-state index is -3.24. The first-order valence-electron chi connectivity index (χ1n) is 7.16. The van der Waals surface area contributed by atoms with Crippen molar-refractivity contribution in [1.29, 1.82) is 0 Å². The molecule has 6 nitrogen and oxygen atoms in total. The molecule has 0 unspecified atom stereocenters. The van der Waals surface area contributed by atoms with Gasteiger partial charge in [0, 0.05) is 12.2 Å². The Morgan fingerprint density at radius 3 is 2.76 bits per heavy atom. The lowest BCUT2D eigenvalue weighted by Crippen LogP contribution is -2.39.